The summed E-state index contributed by atoms with van der Waals surface area (Å²) in [6.07, 6.45) is 1.01. The number of hydrogen-bond donors (Lipinski definition) is 0. The second-order valence-electron chi connectivity index (χ2n) is 4.63. The Kier molecular flexibility index (Phi) is 3.99. The van der Waals surface area contributed by atoms with Gasteiger partial charge in [-0.25, -0.2) is 0 Å². The van der Waals surface area contributed by atoms with E-state index in [1.165, 1.54) is 0 Å². The van der Waals surface area contributed by atoms with E-state index in [9.17, 15) is 4.79 Å². The number of rotatable bonds is 4. The van der Waals surface area contributed by atoms with Gasteiger partial charge in [-0.1, -0.05) is 11.6 Å². The molecule has 2 rings (SSSR count). The van der Waals surface area contributed by atoms with Gasteiger partial charge in [-0.15, -0.1) is 0 Å². The highest BCUT2D eigenvalue weighted by Crippen LogP contribution is 2.26. The molecular weight excluding hydrogens is 230 g/mol. The highest BCUT2D eigenvalue weighted by Gasteiger charge is 2.33. The van der Waals surface area contributed by atoms with Crippen molar-refractivity contribution >= 4 is 12.0 Å². The first kappa shape index (κ1) is 13.1. The summed E-state index contributed by atoms with van der Waals surface area (Å²) in [7, 11) is 3.38. The Morgan fingerprint density at radius 1 is 1.22 bits per heavy atom. The molecular formula is C14H19NO3. The Hall–Kier alpha value is -1.39. The van der Waals surface area contributed by atoms with Crippen molar-refractivity contribution in [2.24, 2.45) is 0 Å². The molecule has 18 heavy (non-hydrogen) atoms. The molecule has 1 aromatic rings. The number of ether oxygens (including phenoxy) is 2. The summed E-state index contributed by atoms with van der Waals surface area (Å²) in [5, 5.41) is 0. The lowest BCUT2D eigenvalue weighted by Gasteiger charge is -2.20. The molecule has 0 aliphatic carbocycles. The highest BCUT2D eigenvalue weighted by atomic mass is 16.5. The van der Waals surface area contributed by atoms with E-state index in [1.807, 2.05) is 25.1 Å². The zero-order chi connectivity index (χ0) is 13.1. The molecule has 0 amide bonds. The fourth-order valence-corrected chi connectivity index (χ4v) is 2.45. The molecule has 1 fully saturated rings. The van der Waals surface area contributed by atoms with Crippen LogP contribution < -0.4 is 4.90 Å². The van der Waals surface area contributed by atoms with E-state index in [1.54, 1.807) is 14.2 Å². The first-order valence-electron chi connectivity index (χ1n) is 6.06. The SMILES string of the molecule is COC1CN(c2ccc(C)cc2C=O)CC1OC. The van der Waals surface area contributed by atoms with Gasteiger partial charge in [-0.05, 0) is 19.1 Å². The van der Waals surface area contributed by atoms with Gasteiger partial charge in [-0.2, -0.15) is 0 Å². The summed E-state index contributed by atoms with van der Waals surface area (Å²) in [4.78, 5) is 13.3. The number of anilines is 1. The smallest absolute Gasteiger partial charge is 0.152 e. The fraction of sp³-hybridized carbons (Fsp3) is 0.500. The minimum absolute atomic E-state index is 0.0517. The lowest BCUT2D eigenvalue weighted by atomic mass is 10.1. The van der Waals surface area contributed by atoms with Crippen LogP contribution in [0.3, 0.4) is 0 Å². The molecule has 98 valence electrons. The van der Waals surface area contributed by atoms with Crippen LogP contribution in [0.25, 0.3) is 0 Å². The first-order valence-corrected chi connectivity index (χ1v) is 6.06. The normalized spacial score (nSPS) is 23.4. The second kappa shape index (κ2) is 5.50. The van der Waals surface area contributed by atoms with Crippen molar-refractivity contribution in [2.45, 2.75) is 19.1 Å². The maximum atomic E-state index is 11.1. The Balaban J connectivity index is 2.25. The molecule has 0 aromatic heterocycles. The predicted molar refractivity (Wildman–Crippen MR) is 70.4 cm³/mol. The number of methoxy groups -OCH3 is 2. The summed E-state index contributed by atoms with van der Waals surface area (Å²) in [5.74, 6) is 0. The van der Waals surface area contributed by atoms with Crippen molar-refractivity contribution in [3.8, 4) is 0 Å². The molecule has 1 heterocycles. The molecule has 2 atom stereocenters. The molecule has 1 aliphatic rings. The minimum atomic E-state index is 0.0517. The van der Waals surface area contributed by atoms with Gasteiger partial charge < -0.3 is 14.4 Å². The molecule has 0 N–H and O–H groups in total. The number of hydrogen-bond acceptors (Lipinski definition) is 4. The third kappa shape index (κ3) is 2.40. The molecule has 1 saturated heterocycles. The quantitative estimate of drug-likeness (QED) is 0.761. The van der Waals surface area contributed by atoms with Crippen molar-refractivity contribution in [3.63, 3.8) is 0 Å². The van der Waals surface area contributed by atoms with Crippen LogP contribution in [0.4, 0.5) is 5.69 Å². The van der Waals surface area contributed by atoms with Crippen molar-refractivity contribution in [1.29, 1.82) is 0 Å². The first-order chi connectivity index (χ1) is 8.69. The summed E-state index contributed by atoms with van der Waals surface area (Å²) in [6, 6.07) is 5.92. The predicted octanol–water partition coefficient (Wildman–Crippen LogP) is 1.66. The summed E-state index contributed by atoms with van der Waals surface area (Å²) >= 11 is 0. The molecule has 1 aromatic carbocycles. The molecule has 2 unspecified atom stereocenters. The van der Waals surface area contributed by atoms with Gasteiger partial charge in [0, 0.05) is 38.6 Å². The average molecular weight is 249 g/mol. The molecule has 1 aliphatic heterocycles. The van der Waals surface area contributed by atoms with Crippen molar-refractivity contribution in [3.05, 3.63) is 29.3 Å². The fourth-order valence-electron chi connectivity index (χ4n) is 2.45. The van der Waals surface area contributed by atoms with E-state index >= 15 is 0 Å². The number of carbonyl (C=O) groups is 1. The highest BCUT2D eigenvalue weighted by molar-refractivity contribution is 5.85. The average Bonchev–Trinajstić information content (AvgIpc) is 2.81. The molecule has 0 bridgehead atoms. The van der Waals surface area contributed by atoms with Gasteiger partial charge in [0.2, 0.25) is 0 Å². The summed E-state index contributed by atoms with van der Waals surface area (Å²) in [5.41, 5.74) is 2.77. The van der Waals surface area contributed by atoms with Crippen LogP contribution in [0.1, 0.15) is 15.9 Å². The number of carbonyl (C=O) groups excluding carboxylic acids is 1. The number of benzene rings is 1. The van der Waals surface area contributed by atoms with Gasteiger partial charge >= 0.3 is 0 Å². The van der Waals surface area contributed by atoms with Crippen LogP contribution in [0.2, 0.25) is 0 Å². The monoisotopic (exact) mass is 249 g/mol. The molecule has 0 saturated carbocycles. The van der Waals surface area contributed by atoms with E-state index < -0.39 is 0 Å². The maximum absolute atomic E-state index is 11.1. The third-order valence-corrected chi connectivity index (χ3v) is 3.47. The van der Waals surface area contributed by atoms with Crippen molar-refractivity contribution in [1.82, 2.24) is 0 Å². The van der Waals surface area contributed by atoms with Gasteiger partial charge in [0.05, 0.1) is 0 Å². The van der Waals surface area contributed by atoms with Crippen LogP contribution in [-0.4, -0.2) is 45.8 Å². The second-order valence-corrected chi connectivity index (χ2v) is 4.63. The zero-order valence-corrected chi connectivity index (χ0v) is 11.1. The molecule has 4 nitrogen and oxygen atoms in total. The molecule has 0 radical (unpaired) electrons. The topological polar surface area (TPSA) is 38.8 Å². The zero-order valence-electron chi connectivity index (χ0n) is 11.1. The summed E-state index contributed by atoms with van der Waals surface area (Å²) < 4.78 is 10.8. The van der Waals surface area contributed by atoms with Gasteiger partial charge in [-0.3, -0.25) is 4.79 Å². The maximum Gasteiger partial charge on any atom is 0.152 e. The van der Waals surface area contributed by atoms with E-state index in [2.05, 4.69) is 4.90 Å². The lowest BCUT2D eigenvalue weighted by Crippen LogP contribution is -2.27. The van der Waals surface area contributed by atoms with E-state index in [0.29, 0.717) is 0 Å². The van der Waals surface area contributed by atoms with Crippen LogP contribution >= 0.6 is 0 Å². The van der Waals surface area contributed by atoms with E-state index in [0.717, 1.165) is 36.2 Å². The van der Waals surface area contributed by atoms with E-state index in [4.69, 9.17) is 9.47 Å². The Bertz CT molecular complexity index is 421. The molecule has 4 heteroatoms. The third-order valence-electron chi connectivity index (χ3n) is 3.47. The van der Waals surface area contributed by atoms with E-state index in [-0.39, 0.29) is 12.2 Å². The lowest BCUT2D eigenvalue weighted by molar-refractivity contribution is -0.00461. The van der Waals surface area contributed by atoms with Crippen LogP contribution in [0.15, 0.2) is 18.2 Å². The summed E-state index contributed by atoms with van der Waals surface area (Å²) in [6.45, 7) is 3.48. The Morgan fingerprint density at radius 3 is 2.33 bits per heavy atom. The van der Waals surface area contributed by atoms with Gasteiger partial charge in [0.1, 0.15) is 12.2 Å². The van der Waals surface area contributed by atoms with Crippen molar-refractivity contribution < 1.29 is 14.3 Å². The number of aryl methyl sites for hydroxylation is 1. The largest absolute Gasteiger partial charge is 0.377 e. The van der Waals surface area contributed by atoms with Gasteiger partial charge in [0.15, 0.2) is 6.29 Å². The minimum Gasteiger partial charge on any atom is -0.377 e. The Labute approximate surface area is 107 Å². The van der Waals surface area contributed by atoms with Gasteiger partial charge in [0.25, 0.3) is 0 Å². The number of aldehydes is 1. The standard InChI is InChI=1S/C14H19NO3/c1-10-4-5-12(11(6-10)9-16)15-7-13(17-2)14(8-15)18-3/h4-6,9,13-14H,7-8H2,1-3H3. The van der Waals surface area contributed by atoms with Crippen LogP contribution in [-0.2, 0) is 9.47 Å². The number of nitrogens with zero attached hydrogens (tertiary/aromatic N) is 1. The van der Waals surface area contributed by atoms with Crippen LogP contribution in [0, 0.1) is 6.92 Å². The molecule has 0 spiro atoms. The van der Waals surface area contributed by atoms with Crippen LogP contribution in [0.5, 0.6) is 0 Å². The Morgan fingerprint density at radius 2 is 1.83 bits per heavy atom. The van der Waals surface area contributed by atoms with Crippen molar-refractivity contribution in [2.75, 3.05) is 32.2 Å².